The topological polar surface area (TPSA) is 49.3 Å². The minimum atomic E-state index is -0.785. The second-order valence-electron chi connectivity index (χ2n) is 4.64. The number of hydrogen-bond acceptors (Lipinski definition) is 2. The highest BCUT2D eigenvalue weighted by atomic mass is 79.9. The van der Waals surface area contributed by atoms with Gasteiger partial charge in [0.25, 0.3) is 0 Å². The predicted molar refractivity (Wildman–Crippen MR) is 83.5 cm³/mol. The van der Waals surface area contributed by atoms with Crippen LogP contribution in [-0.4, -0.2) is 11.0 Å². The van der Waals surface area contributed by atoms with Crippen LogP contribution in [0, 0.1) is 6.92 Å². The number of amides is 1. The molecule has 0 aliphatic carbocycles. The molecule has 0 aliphatic rings. The smallest absolute Gasteiger partial charge is 0.227 e. The van der Waals surface area contributed by atoms with Gasteiger partial charge < -0.3 is 10.4 Å². The molecule has 0 radical (unpaired) electrons. The third kappa shape index (κ3) is 3.92. The van der Waals surface area contributed by atoms with E-state index in [0.29, 0.717) is 0 Å². The van der Waals surface area contributed by atoms with Crippen molar-refractivity contribution in [2.24, 2.45) is 0 Å². The molecule has 1 atom stereocenters. The van der Waals surface area contributed by atoms with Gasteiger partial charge in [-0.05, 0) is 36.2 Å². The van der Waals surface area contributed by atoms with Crippen LogP contribution in [0.15, 0.2) is 53.0 Å². The lowest BCUT2D eigenvalue weighted by Gasteiger charge is -2.12. The number of aliphatic hydroxyl groups excluding tert-OH is 1. The van der Waals surface area contributed by atoms with Gasteiger partial charge in [-0.1, -0.05) is 46.3 Å². The number of nitrogens with one attached hydrogen (secondary N) is 1. The first kappa shape index (κ1) is 14.8. The van der Waals surface area contributed by atoms with Crippen LogP contribution in [0.5, 0.6) is 0 Å². The first-order valence-corrected chi connectivity index (χ1v) is 7.14. The van der Waals surface area contributed by atoms with Gasteiger partial charge in [-0.3, -0.25) is 4.79 Å². The van der Waals surface area contributed by atoms with Crippen molar-refractivity contribution in [1.82, 2.24) is 0 Å². The maximum Gasteiger partial charge on any atom is 0.227 e. The molecule has 0 bridgehead atoms. The van der Waals surface area contributed by atoms with Crippen molar-refractivity contribution in [3.63, 3.8) is 0 Å². The molecule has 1 unspecified atom stereocenters. The number of benzene rings is 2. The number of carbonyl (C=O) groups excluding carboxylic acids is 1. The summed E-state index contributed by atoms with van der Waals surface area (Å²) in [5.74, 6) is -0.202. The van der Waals surface area contributed by atoms with E-state index in [2.05, 4.69) is 21.2 Å². The van der Waals surface area contributed by atoms with Gasteiger partial charge in [0, 0.05) is 10.2 Å². The van der Waals surface area contributed by atoms with Crippen LogP contribution in [0.1, 0.15) is 23.7 Å². The summed E-state index contributed by atoms with van der Waals surface area (Å²) in [6, 6.07) is 14.8. The number of halogens is 1. The molecule has 0 spiro atoms. The molecule has 0 aromatic heterocycles. The number of rotatable bonds is 4. The van der Waals surface area contributed by atoms with E-state index in [4.69, 9.17) is 0 Å². The molecule has 2 N–H and O–H groups in total. The van der Waals surface area contributed by atoms with Crippen LogP contribution in [0.25, 0.3) is 0 Å². The van der Waals surface area contributed by atoms with Gasteiger partial charge in [-0.2, -0.15) is 0 Å². The fourth-order valence-corrected chi connectivity index (χ4v) is 2.41. The number of aliphatic hydroxyl groups is 1. The van der Waals surface area contributed by atoms with Crippen molar-refractivity contribution >= 4 is 27.5 Å². The van der Waals surface area contributed by atoms with Crippen LogP contribution >= 0.6 is 15.9 Å². The SMILES string of the molecule is Cc1cc(Br)ccc1NC(=O)CC(O)c1ccccc1. The van der Waals surface area contributed by atoms with Crippen molar-refractivity contribution in [2.45, 2.75) is 19.4 Å². The van der Waals surface area contributed by atoms with Crippen LogP contribution in [-0.2, 0) is 4.79 Å². The molecule has 1 amide bonds. The zero-order valence-corrected chi connectivity index (χ0v) is 12.7. The summed E-state index contributed by atoms with van der Waals surface area (Å²) in [5, 5.41) is 12.8. The van der Waals surface area contributed by atoms with E-state index < -0.39 is 6.10 Å². The molecule has 0 saturated heterocycles. The summed E-state index contributed by atoms with van der Waals surface area (Å²) >= 11 is 3.38. The molecule has 2 rings (SSSR count). The molecule has 0 heterocycles. The summed E-state index contributed by atoms with van der Waals surface area (Å²) in [6.07, 6.45) is -0.744. The Morgan fingerprint density at radius 3 is 2.60 bits per heavy atom. The molecule has 0 fully saturated rings. The molecular formula is C16H16BrNO2. The quantitative estimate of drug-likeness (QED) is 0.893. The van der Waals surface area contributed by atoms with Crippen LogP contribution in [0.2, 0.25) is 0 Å². The molecule has 3 nitrogen and oxygen atoms in total. The molecule has 104 valence electrons. The second kappa shape index (κ2) is 6.68. The fourth-order valence-electron chi connectivity index (χ4n) is 1.94. The standard InChI is InChI=1S/C16H16BrNO2/c1-11-9-13(17)7-8-14(11)18-16(20)10-15(19)12-5-3-2-4-6-12/h2-9,15,19H,10H2,1H3,(H,18,20). The Bertz CT molecular complexity index is 599. The minimum absolute atomic E-state index is 0.0412. The third-order valence-electron chi connectivity index (χ3n) is 3.03. The van der Waals surface area contributed by atoms with Gasteiger partial charge in [-0.25, -0.2) is 0 Å². The first-order valence-electron chi connectivity index (χ1n) is 6.35. The lowest BCUT2D eigenvalue weighted by atomic mass is 10.1. The minimum Gasteiger partial charge on any atom is -0.388 e. The van der Waals surface area contributed by atoms with Gasteiger partial charge in [0.15, 0.2) is 0 Å². The van der Waals surface area contributed by atoms with Crippen molar-refractivity contribution in [3.8, 4) is 0 Å². The highest BCUT2D eigenvalue weighted by molar-refractivity contribution is 9.10. The maximum absolute atomic E-state index is 12.0. The molecule has 0 aliphatic heterocycles. The van der Waals surface area contributed by atoms with Gasteiger partial charge in [0.1, 0.15) is 0 Å². The lowest BCUT2D eigenvalue weighted by Crippen LogP contribution is -2.16. The molecular weight excluding hydrogens is 318 g/mol. The number of anilines is 1. The van der Waals surface area contributed by atoms with Gasteiger partial charge in [0.2, 0.25) is 5.91 Å². The highest BCUT2D eigenvalue weighted by Crippen LogP contribution is 2.21. The average molecular weight is 334 g/mol. The number of carbonyl (C=O) groups is 1. The van der Waals surface area contributed by atoms with Gasteiger partial charge in [0.05, 0.1) is 12.5 Å². The summed E-state index contributed by atoms with van der Waals surface area (Å²) < 4.78 is 0.970. The average Bonchev–Trinajstić information content (AvgIpc) is 2.43. The normalized spacial score (nSPS) is 11.9. The van der Waals surface area contributed by atoms with E-state index in [9.17, 15) is 9.90 Å². The van der Waals surface area contributed by atoms with Crippen molar-refractivity contribution in [3.05, 3.63) is 64.1 Å². The molecule has 20 heavy (non-hydrogen) atoms. The Hall–Kier alpha value is -1.65. The highest BCUT2D eigenvalue weighted by Gasteiger charge is 2.13. The van der Waals surface area contributed by atoms with Gasteiger partial charge >= 0.3 is 0 Å². The fraction of sp³-hybridized carbons (Fsp3) is 0.188. The molecule has 2 aromatic carbocycles. The first-order chi connectivity index (χ1) is 9.56. The van der Waals surface area contributed by atoms with Crippen molar-refractivity contribution < 1.29 is 9.90 Å². The molecule has 4 heteroatoms. The van der Waals surface area contributed by atoms with E-state index in [-0.39, 0.29) is 12.3 Å². The Morgan fingerprint density at radius 1 is 1.25 bits per heavy atom. The second-order valence-corrected chi connectivity index (χ2v) is 5.55. The van der Waals surface area contributed by atoms with Crippen LogP contribution in [0.4, 0.5) is 5.69 Å². The summed E-state index contributed by atoms with van der Waals surface area (Å²) in [6.45, 7) is 1.92. The Kier molecular flexibility index (Phi) is 4.93. The van der Waals surface area contributed by atoms with E-state index >= 15 is 0 Å². The van der Waals surface area contributed by atoms with E-state index in [1.807, 2.05) is 55.5 Å². The van der Waals surface area contributed by atoms with E-state index in [0.717, 1.165) is 21.3 Å². The number of hydrogen-bond donors (Lipinski definition) is 2. The zero-order valence-electron chi connectivity index (χ0n) is 11.1. The van der Waals surface area contributed by atoms with Crippen molar-refractivity contribution in [1.29, 1.82) is 0 Å². The maximum atomic E-state index is 12.0. The summed E-state index contributed by atoms with van der Waals surface area (Å²) in [7, 11) is 0. The summed E-state index contributed by atoms with van der Waals surface area (Å²) in [4.78, 5) is 12.0. The lowest BCUT2D eigenvalue weighted by molar-refractivity contribution is -0.118. The number of aryl methyl sites for hydroxylation is 1. The Balaban J connectivity index is 1.99. The van der Waals surface area contributed by atoms with Crippen LogP contribution < -0.4 is 5.32 Å². The summed E-state index contributed by atoms with van der Waals surface area (Å²) in [5.41, 5.74) is 2.48. The zero-order chi connectivity index (χ0) is 14.5. The third-order valence-corrected chi connectivity index (χ3v) is 3.52. The van der Waals surface area contributed by atoms with E-state index in [1.54, 1.807) is 0 Å². The largest absolute Gasteiger partial charge is 0.388 e. The Morgan fingerprint density at radius 2 is 1.95 bits per heavy atom. The van der Waals surface area contributed by atoms with Crippen LogP contribution in [0.3, 0.4) is 0 Å². The monoisotopic (exact) mass is 333 g/mol. The van der Waals surface area contributed by atoms with Gasteiger partial charge in [-0.15, -0.1) is 0 Å². The van der Waals surface area contributed by atoms with Crippen molar-refractivity contribution in [2.75, 3.05) is 5.32 Å². The molecule has 0 saturated carbocycles. The Labute approximate surface area is 126 Å². The molecule has 2 aromatic rings. The van der Waals surface area contributed by atoms with E-state index in [1.165, 1.54) is 0 Å². The predicted octanol–water partition coefficient (Wildman–Crippen LogP) is 3.82.